The Bertz CT molecular complexity index is 507. The molecule has 1 aromatic carbocycles. The van der Waals surface area contributed by atoms with Crippen molar-refractivity contribution in [3.05, 3.63) is 39.5 Å². The minimum absolute atomic E-state index is 0.492. The molecule has 78 valence electrons. The van der Waals surface area contributed by atoms with Gasteiger partial charge in [0, 0.05) is 16.2 Å². The molecule has 2 rings (SSSR count). The molecule has 0 amide bonds. The van der Waals surface area contributed by atoms with Gasteiger partial charge in [-0.25, -0.2) is 4.68 Å². The Hall–Kier alpha value is -1.000. The molecule has 5 heteroatoms. The van der Waals surface area contributed by atoms with Crippen molar-refractivity contribution >= 4 is 33.3 Å². The van der Waals surface area contributed by atoms with Gasteiger partial charge in [-0.1, -0.05) is 27.5 Å². The standard InChI is InChI=1S/C10H9BrClN3/c1-6-4-10(13)14-15(6)9-3-2-7(11)5-8(9)12/h2-5H,1H3,(H2,13,14). The van der Waals surface area contributed by atoms with Crippen LogP contribution in [-0.2, 0) is 0 Å². The van der Waals surface area contributed by atoms with Gasteiger partial charge in [0.05, 0.1) is 10.7 Å². The average Bonchev–Trinajstić information content (AvgIpc) is 2.45. The van der Waals surface area contributed by atoms with E-state index in [4.69, 9.17) is 17.3 Å². The number of aryl methyl sites for hydroxylation is 1. The number of hydrogen-bond donors (Lipinski definition) is 1. The van der Waals surface area contributed by atoms with Crippen LogP contribution in [0.1, 0.15) is 5.69 Å². The fraction of sp³-hybridized carbons (Fsp3) is 0.100. The van der Waals surface area contributed by atoms with Gasteiger partial charge in [-0.2, -0.15) is 5.10 Å². The Kier molecular flexibility index (Phi) is 2.71. The van der Waals surface area contributed by atoms with Crippen LogP contribution in [0, 0.1) is 6.92 Å². The smallest absolute Gasteiger partial charge is 0.146 e. The van der Waals surface area contributed by atoms with Crippen molar-refractivity contribution in [2.45, 2.75) is 6.92 Å². The molecule has 2 aromatic rings. The van der Waals surface area contributed by atoms with E-state index in [0.717, 1.165) is 15.9 Å². The Morgan fingerprint density at radius 3 is 2.67 bits per heavy atom. The summed E-state index contributed by atoms with van der Waals surface area (Å²) >= 11 is 9.47. The van der Waals surface area contributed by atoms with Gasteiger partial charge in [-0.15, -0.1) is 0 Å². The molecule has 0 aliphatic heterocycles. The number of nitrogens with zero attached hydrogens (tertiary/aromatic N) is 2. The number of hydrogen-bond acceptors (Lipinski definition) is 2. The van der Waals surface area contributed by atoms with Gasteiger partial charge in [-0.3, -0.25) is 0 Å². The first-order valence-corrected chi connectivity index (χ1v) is 5.52. The molecule has 0 bridgehead atoms. The number of aromatic nitrogens is 2. The number of rotatable bonds is 1. The molecule has 0 unspecified atom stereocenters. The first kappa shape index (κ1) is 10.5. The lowest BCUT2D eigenvalue weighted by atomic mass is 10.3. The molecule has 0 aliphatic carbocycles. The zero-order valence-corrected chi connectivity index (χ0v) is 10.4. The van der Waals surface area contributed by atoms with E-state index >= 15 is 0 Å². The largest absolute Gasteiger partial charge is 0.382 e. The van der Waals surface area contributed by atoms with Crippen molar-refractivity contribution in [1.82, 2.24) is 9.78 Å². The summed E-state index contributed by atoms with van der Waals surface area (Å²) in [7, 11) is 0. The average molecular weight is 287 g/mol. The first-order valence-electron chi connectivity index (χ1n) is 4.35. The van der Waals surface area contributed by atoms with Gasteiger partial charge in [0.2, 0.25) is 0 Å². The van der Waals surface area contributed by atoms with Crippen molar-refractivity contribution in [2.24, 2.45) is 0 Å². The zero-order valence-electron chi connectivity index (χ0n) is 8.04. The molecule has 0 radical (unpaired) electrons. The number of nitrogens with two attached hydrogens (primary N) is 1. The fourth-order valence-electron chi connectivity index (χ4n) is 1.40. The Labute approximate surface area is 101 Å². The van der Waals surface area contributed by atoms with Gasteiger partial charge in [0.1, 0.15) is 5.82 Å². The molecule has 15 heavy (non-hydrogen) atoms. The van der Waals surface area contributed by atoms with Crippen LogP contribution in [-0.4, -0.2) is 9.78 Å². The van der Waals surface area contributed by atoms with Gasteiger partial charge >= 0.3 is 0 Å². The molecule has 2 N–H and O–H groups in total. The molecule has 0 aliphatic rings. The van der Waals surface area contributed by atoms with Gasteiger partial charge in [0.25, 0.3) is 0 Å². The minimum Gasteiger partial charge on any atom is -0.382 e. The highest BCUT2D eigenvalue weighted by Gasteiger charge is 2.07. The monoisotopic (exact) mass is 285 g/mol. The van der Waals surface area contributed by atoms with Crippen LogP contribution in [0.5, 0.6) is 0 Å². The van der Waals surface area contributed by atoms with Crippen LogP contribution >= 0.6 is 27.5 Å². The molecule has 1 heterocycles. The van der Waals surface area contributed by atoms with E-state index in [9.17, 15) is 0 Å². The van der Waals surface area contributed by atoms with Crippen molar-refractivity contribution in [3.8, 4) is 5.69 Å². The second-order valence-electron chi connectivity index (χ2n) is 3.22. The van der Waals surface area contributed by atoms with Gasteiger partial charge < -0.3 is 5.73 Å². The van der Waals surface area contributed by atoms with Crippen molar-refractivity contribution < 1.29 is 0 Å². The summed E-state index contributed by atoms with van der Waals surface area (Å²) in [6.07, 6.45) is 0. The maximum absolute atomic E-state index is 6.11. The summed E-state index contributed by atoms with van der Waals surface area (Å²) < 4.78 is 2.67. The predicted octanol–water partition coefficient (Wildman–Crippen LogP) is 3.18. The number of nitrogen functional groups attached to an aromatic ring is 1. The van der Waals surface area contributed by atoms with Crippen LogP contribution in [0.3, 0.4) is 0 Å². The number of benzene rings is 1. The van der Waals surface area contributed by atoms with E-state index in [0.29, 0.717) is 10.8 Å². The quantitative estimate of drug-likeness (QED) is 0.875. The van der Waals surface area contributed by atoms with E-state index in [1.54, 1.807) is 10.7 Å². The Morgan fingerprint density at radius 2 is 2.13 bits per heavy atom. The molecule has 0 spiro atoms. The van der Waals surface area contributed by atoms with Gasteiger partial charge in [-0.05, 0) is 25.1 Å². The molecule has 0 saturated heterocycles. The van der Waals surface area contributed by atoms with E-state index in [1.165, 1.54) is 0 Å². The fourth-order valence-corrected chi connectivity index (χ4v) is 2.15. The second-order valence-corrected chi connectivity index (χ2v) is 4.54. The lowest BCUT2D eigenvalue weighted by molar-refractivity contribution is 0.851. The lowest BCUT2D eigenvalue weighted by Gasteiger charge is -2.06. The molecular formula is C10H9BrClN3. The zero-order chi connectivity index (χ0) is 11.0. The Balaban J connectivity index is 2.59. The number of halogens is 2. The third-order valence-electron chi connectivity index (χ3n) is 2.04. The highest BCUT2D eigenvalue weighted by Crippen LogP contribution is 2.25. The maximum Gasteiger partial charge on any atom is 0.146 e. The maximum atomic E-state index is 6.11. The number of anilines is 1. The summed E-state index contributed by atoms with van der Waals surface area (Å²) in [5, 5.41) is 4.80. The molecular weight excluding hydrogens is 277 g/mol. The normalized spacial score (nSPS) is 10.6. The van der Waals surface area contributed by atoms with Gasteiger partial charge in [0.15, 0.2) is 0 Å². The predicted molar refractivity (Wildman–Crippen MR) is 65.4 cm³/mol. The first-order chi connectivity index (χ1) is 7.08. The molecule has 3 nitrogen and oxygen atoms in total. The van der Waals surface area contributed by atoms with Crippen LogP contribution in [0.2, 0.25) is 5.02 Å². The molecule has 0 saturated carbocycles. The summed E-state index contributed by atoms with van der Waals surface area (Å²) in [5.41, 5.74) is 7.40. The summed E-state index contributed by atoms with van der Waals surface area (Å²) in [6.45, 7) is 1.93. The summed E-state index contributed by atoms with van der Waals surface area (Å²) in [4.78, 5) is 0. The Morgan fingerprint density at radius 1 is 1.40 bits per heavy atom. The van der Waals surface area contributed by atoms with E-state index in [1.807, 2.05) is 25.1 Å². The molecule has 0 atom stereocenters. The van der Waals surface area contributed by atoms with Crippen LogP contribution in [0.25, 0.3) is 5.69 Å². The van der Waals surface area contributed by atoms with Crippen molar-refractivity contribution in [2.75, 3.05) is 5.73 Å². The van der Waals surface area contributed by atoms with Crippen molar-refractivity contribution in [3.63, 3.8) is 0 Å². The van der Waals surface area contributed by atoms with Crippen LogP contribution in [0.4, 0.5) is 5.82 Å². The van der Waals surface area contributed by atoms with Crippen LogP contribution < -0.4 is 5.73 Å². The third-order valence-corrected chi connectivity index (χ3v) is 2.84. The van der Waals surface area contributed by atoms with E-state index in [2.05, 4.69) is 21.0 Å². The van der Waals surface area contributed by atoms with Crippen molar-refractivity contribution in [1.29, 1.82) is 0 Å². The molecule has 0 fully saturated rings. The topological polar surface area (TPSA) is 43.8 Å². The highest BCUT2D eigenvalue weighted by molar-refractivity contribution is 9.10. The van der Waals surface area contributed by atoms with E-state index < -0.39 is 0 Å². The summed E-state index contributed by atoms with van der Waals surface area (Å²) in [6, 6.07) is 7.44. The van der Waals surface area contributed by atoms with Crippen LogP contribution in [0.15, 0.2) is 28.7 Å². The summed E-state index contributed by atoms with van der Waals surface area (Å²) in [5.74, 6) is 0.492. The second kappa shape index (κ2) is 3.87. The highest BCUT2D eigenvalue weighted by atomic mass is 79.9. The van der Waals surface area contributed by atoms with E-state index in [-0.39, 0.29) is 0 Å². The molecule has 1 aromatic heterocycles. The minimum atomic E-state index is 0.492. The lowest BCUT2D eigenvalue weighted by Crippen LogP contribution is -2.00. The SMILES string of the molecule is Cc1cc(N)nn1-c1ccc(Br)cc1Cl. The third kappa shape index (κ3) is 2.01.